The van der Waals surface area contributed by atoms with E-state index >= 15 is 0 Å². The molecule has 2 heterocycles. The summed E-state index contributed by atoms with van der Waals surface area (Å²) in [6.45, 7) is 2.90. The highest BCUT2D eigenvalue weighted by molar-refractivity contribution is 8.00. The monoisotopic (exact) mass is 317 g/mol. The van der Waals surface area contributed by atoms with Crippen LogP contribution in [0.4, 0.5) is 0 Å². The zero-order valence-electron chi connectivity index (χ0n) is 11.0. The van der Waals surface area contributed by atoms with Crippen molar-refractivity contribution in [2.75, 3.05) is 6.61 Å². The Morgan fingerprint density at radius 3 is 3.00 bits per heavy atom. The number of rotatable bonds is 3. The number of carbonyl (C=O) groups is 1. The summed E-state index contributed by atoms with van der Waals surface area (Å²) in [4.78, 5) is 25.5. The molecule has 0 amide bonds. The summed E-state index contributed by atoms with van der Waals surface area (Å²) in [7, 11) is 0. The molecule has 0 aliphatic carbocycles. The zero-order chi connectivity index (χ0) is 14.9. The number of aliphatic hydroxyl groups excluding tert-OH is 1. The molecule has 1 aliphatic heterocycles. The van der Waals surface area contributed by atoms with Gasteiger partial charge in [0, 0.05) is 13.3 Å². The number of aromatic amines is 1. The highest BCUT2D eigenvalue weighted by Crippen LogP contribution is 2.41. The van der Waals surface area contributed by atoms with E-state index in [9.17, 15) is 14.7 Å². The van der Waals surface area contributed by atoms with Crippen LogP contribution in [0.5, 0.6) is 0 Å². The first-order valence-electron chi connectivity index (χ1n) is 6.05. The molecule has 3 atom stereocenters. The number of hydrogen-bond donors (Lipinski definition) is 2. The second-order valence-electron chi connectivity index (χ2n) is 4.48. The Hall–Kier alpha value is -1.19. The summed E-state index contributed by atoms with van der Waals surface area (Å²) < 4.78 is 6.77. The maximum atomic E-state index is 11.9. The fraction of sp³-hybridized carbons (Fsp3) is 0.636. The third kappa shape index (κ3) is 3.10. The molecule has 20 heavy (non-hydrogen) atoms. The van der Waals surface area contributed by atoms with Crippen LogP contribution >= 0.6 is 24.0 Å². The molecule has 1 fully saturated rings. The topological polar surface area (TPSA) is 97.2 Å². The Labute approximate surface area is 124 Å². The normalized spacial score (nSPS) is 25.6. The number of nitrogens with one attached hydrogen (secondary N) is 1. The van der Waals surface area contributed by atoms with Crippen molar-refractivity contribution in [3.05, 3.63) is 20.8 Å². The molecule has 2 N–H and O–H groups in total. The van der Waals surface area contributed by atoms with Crippen molar-refractivity contribution in [3.8, 4) is 0 Å². The first-order valence-corrected chi connectivity index (χ1v) is 7.40. The van der Waals surface area contributed by atoms with Crippen molar-refractivity contribution in [2.24, 2.45) is 0 Å². The van der Waals surface area contributed by atoms with Gasteiger partial charge in [0.05, 0.1) is 17.6 Å². The number of nitrogens with zero attached hydrogens (tertiary/aromatic N) is 2. The Kier molecular flexibility index (Phi) is 4.61. The molecule has 1 aromatic rings. The van der Waals surface area contributed by atoms with Crippen LogP contribution in [0.2, 0.25) is 0 Å². The van der Waals surface area contributed by atoms with Gasteiger partial charge in [0.2, 0.25) is 0 Å². The summed E-state index contributed by atoms with van der Waals surface area (Å²) in [5, 5.41) is 12.9. The van der Waals surface area contributed by atoms with Crippen molar-refractivity contribution in [2.45, 2.75) is 37.0 Å². The molecule has 0 bridgehead atoms. The largest absolute Gasteiger partial charge is 0.461 e. The lowest BCUT2D eigenvalue weighted by molar-refractivity contribution is -0.146. The minimum atomic E-state index is -0.426. The van der Waals surface area contributed by atoms with E-state index in [4.69, 9.17) is 17.0 Å². The van der Waals surface area contributed by atoms with Gasteiger partial charge >= 0.3 is 11.7 Å². The van der Waals surface area contributed by atoms with E-state index in [1.54, 1.807) is 6.92 Å². The number of H-pyrrole nitrogens is 1. The summed E-state index contributed by atoms with van der Waals surface area (Å²) in [6.07, 6.45) is -0.00317. The van der Waals surface area contributed by atoms with E-state index in [0.717, 1.165) is 0 Å². The van der Waals surface area contributed by atoms with Gasteiger partial charge in [-0.3, -0.25) is 9.78 Å². The average molecular weight is 317 g/mol. The fourth-order valence-corrected chi connectivity index (χ4v) is 3.56. The smallest absolute Gasteiger partial charge is 0.344 e. The van der Waals surface area contributed by atoms with Gasteiger partial charge in [-0.1, -0.05) is 12.2 Å². The molecule has 0 saturated carbocycles. The number of thioether (sulfide) groups is 1. The van der Waals surface area contributed by atoms with E-state index in [-0.39, 0.29) is 17.2 Å². The second kappa shape index (κ2) is 6.06. The molecule has 0 aromatic carbocycles. The summed E-state index contributed by atoms with van der Waals surface area (Å²) >= 11 is 6.32. The van der Waals surface area contributed by atoms with Crippen LogP contribution < -0.4 is 5.69 Å². The maximum absolute atomic E-state index is 11.9. The number of carbonyl (C=O) groups excluding carboxylic acids is 1. The quantitative estimate of drug-likeness (QED) is 0.620. The molecule has 0 radical (unpaired) electrons. The molecular weight excluding hydrogens is 302 g/mol. The number of hydrogen-bond acceptors (Lipinski definition) is 7. The van der Waals surface area contributed by atoms with Crippen LogP contribution in [-0.2, 0) is 9.53 Å². The SMILES string of the molecule is CC(=O)O[C@H]1C[C@H](n2nc(C)c(=S)[nH]c2=O)S[C@@H]1CO. The molecule has 1 saturated heterocycles. The standard InChI is InChI=1S/C11H15N3O4S2/c1-5-10(19)12-11(17)14(13-5)9-3-7(18-6(2)16)8(4-15)20-9/h7-9,15H,3-4H2,1-2H3,(H,12,17,19)/t7-,8+,9+/m0/s1. The lowest BCUT2D eigenvalue weighted by Crippen LogP contribution is -2.29. The first kappa shape index (κ1) is 15.2. The number of esters is 1. The predicted molar refractivity (Wildman–Crippen MR) is 76.1 cm³/mol. The molecule has 7 nitrogen and oxygen atoms in total. The van der Waals surface area contributed by atoms with Crippen LogP contribution in [0.15, 0.2) is 4.79 Å². The van der Waals surface area contributed by atoms with Crippen LogP contribution in [0.25, 0.3) is 0 Å². The molecule has 9 heteroatoms. The molecular formula is C11H15N3O4S2. The highest BCUT2D eigenvalue weighted by atomic mass is 32.2. The van der Waals surface area contributed by atoms with Crippen molar-refractivity contribution in [1.29, 1.82) is 0 Å². The van der Waals surface area contributed by atoms with Gasteiger partial charge in [0.15, 0.2) is 0 Å². The third-order valence-corrected chi connectivity index (χ3v) is 4.87. The van der Waals surface area contributed by atoms with Gasteiger partial charge in [-0.25, -0.2) is 9.48 Å². The lowest BCUT2D eigenvalue weighted by Gasteiger charge is -2.15. The molecule has 110 valence electrons. The van der Waals surface area contributed by atoms with E-state index in [2.05, 4.69) is 10.1 Å². The van der Waals surface area contributed by atoms with Gasteiger partial charge in [-0.15, -0.1) is 11.8 Å². The van der Waals surface area contributed by atoms with Crippen molar-refractivity contribution in [1.82, 2.24) is 14.8 Å². The van der Waals surface area contributed by atoms with E-state index < -0.39 is 17.8 Å². The van der Waals surface area contributed by atoms with Gasteiger partial charge in [-0.2, -0.15) is 5.10 Å². The number of aryl methyl sites for hydroxylation is 1. The summed E-state index contributed by atoms with van der Waals surface area (Å²) in [6, 6.07) is 0. The van der Waals surface area contributed by atoms with Crippen molar-refractivity contribution >= 4 is 29.9 Å². The predicted octanol–water partition coefficient (Wildman–Crippen LogP) is 0.537. The van der Waals surface area contributed by atoms with E-state index in [1.165, 1.54) is 23.4 Å². The van der Waals surface area contributed by atoms with Gasteiger partial charge < -0.3 is 9.84 Å². The highest BCUT2D eigenvalue weighted by Gasteiger charge is 2.38. The lowest BCUT2D eigenvalue weighted by atomic mass is 10.2. The van der Waals surface area contributed by atoms with Gasteiger partial charge in [0.1, 0.15) is 16.1 Å². The first-order chi connectivity index (χ1) is 9.42. The molecule has 1 aliphatic rings. The second-order valence-corrected chi connectivity index (χ2v) is 6.31. The number of aliphatic hydroxyl groups is 1. The minimum Gasteiger partial charge on any atom is -0.461 e. The zero-order valence-corrected chi connectivity index (χ0v) is 12.7. The molecule has 2 rings (SSSR count). The van der Waals surface area contributed by atoms with Crippen molar-refractivity contribution < 1.29 is 14.6 Å². The maximum Gasteiger partial charge on any atom is 0.344 e. The van der Waals surface area contributed by atoms with Gasteiger partial charge in [-0.05, 0) is 6.92 Å². The Morgan fingerprint density at radius 2 is 2.40 bits per heavy atom. The average Bonchev–Trinajstić information content (AvgIpc) is 2.75. The molecule has 0 spiro atoms. The van der Waals surface area contributed by atoms with Crippen LogP contribution in [-0.4, -0.2) is 43.8 Å². The number of ether oxygens (including phenoxy) is 1. The third-order valence-electron chi connectivity index (χ3n) is 2.97. The van der Waals surface area contributed by atoms with E-state index in [0.29, 0.717) is 16.8 Å². The van der Waals surface area contributed by atoms with Crippen molar-refractivity contribution in [3.63, 3.8) is 0 Å². The van der Waals surface area contributed by atoms with Crippen LogP contribution in [0.1, 0.15) is 24.4 Å². The van der Waals surface area contributed by atoms with Gasteiger partial charge in [0.25, 0.3) is 0 Å². The minimum absolute atomic E-state index is 0.129. The van der Waals surface area contributed by atoms with Crippen LogP contribution in [0.3, 0.4) is 0 Å². The fourth-order valence-electron chi connectivity index (χ4n) is 2.04. The summed E-state index contributed by atoms with van der Waals surface area (Å²) in [5.74, 6) is -0.404. The van der Waals surface area contributed by atoms with Crippen LogP contribution in [0, 0.1) is 11.6 Å². The Bertz CT molecular complexity index is 627. The molecule has 0 unspecified atom stereocenters. The summed E-state index contributed by atoms with van der Waals surface area (Å²) in [5.41, 5.74) is 0.148. The number of aromatic nitrogens is 3. The molecule has 1 aromatic heterocycles. The van der Waals surface area contributed by atoms with E-state index in [1.807, 2.05) is 0 Å². The Morgan fingerprint density at radius 1 is 1.70 bits per heavy atom. The Balaban J connectivity index is 2.27.